The number of rotatable bonds is 8. The zero-order valence-electron chi connectivity index (χ0n) is 14.7. The van der Waals surface area contributed by atoms with Gasteiger partial charge >= 0.3 is 5.97 Å². The first kappa shape index (κ1) is 20.7. The van der Waals surface area contributed by atoms with E-state index in [1.165, 1.54) is 24.3 Å². The summed E-state index contributed by atoms with van der Waals surface area (Å²) in [6.07, 6.45) is 1.03. The molecule has 0 heterocycles. The van der Waals surface area contributed by atoms with Gasteiger partial charge in [-0.05, 0) is 55.0 Å². The third kappa shape index (κ3) is 6.92. The zero-order valence-corrected chi connectivity index (χ0v) is 16.3. The molecule has 27 heavy (non-hydrogen) atoms. The Bertz CT molecular complexity index is 941. The number of sulfonamides is 1. The average Bonchev–Trinajstić information content (AvgIpc) is 2.60. The Balaban J connectivity index is 1.82. The van der Waals surface area contributed by atoms with Crippen molar-refractivity contribution in [1.82, 2.24) is 0 Å². The number of esters is 1. The molecule has 0 atom stereocenters. The second kappa shape index (κ2) is 8.88. The predicted molar refractivity (Wildman–Crippen MR) is 102 cm³/mol. The van der Waals surface area contributed by atoms with Crippen molar-refractivity contribution >= 4 is 39.1 Å². The summed E-state index contributed by atoms with van der Waals surface area (Å²) in [7, 11) is -3.39. The highest BCUT2D eigenvalue weighted by Gasteiger charge is 2.11. The number of anilines is 1. The highest BCUT2D eigenvalue weighted by Crippen LogP contribution is 2.21. The molecule has 0 bridgehead atoms. The van der Waals surface area contributed by atoms with Crippen LogP contribution < -0.4 is 9.46 Å². The fraction of sp³-hybridized carbons (Fsp3) is 0.222. The molecule has 0 saturated heterocycles. The Morgan fingerprint density at radius 2 is 1.74 bits per heavy atom. The van der Waals surface area contributed by atoms with Crippen LogP contribution in [0.5, 0.6) is 5.75 Å². The number of hydrogen-bond donors (Lipinski definition) is 1. The minimum atomic E-state index is -3.39. The first-order valence-corrected chi connectivity index (χ1v) is 10.1. The molecule has 0 aliphatic rings. The molecule has 0 aromatic heterocycles. The van der Waals surface area contributed by atoms with Gasteiger partial charge in [0, 0.05) is 16.3 Å². The van der Waals surface area contributed by atoms with E-state index in [9.17, 15) is 18.0 Å². The Hall–Kier alpha value is -2.58. The lowest BCUT2D eigenvalue weighted by Gasteiger charge is -2.08. The van der Waals surface area contributed by atoms with Crippen LogP contribution in [0.2, 0.25) is 5.02 Å². The molecule has 2 aromatic carbocycles. The van der Waals surface area contributed by atoms with E-state index in [0.717, 1.165) is 11.8 Å². The van der Waals surface area contributed by atoms with Crippen LogP contribution in [0.4, 0.5) is 5.69 Å². The van der Waals surface area contributed by atoms with Crippen molar-refractivity contribution in [3.8, 4) is 5.75 Å². The average molecular weight is 412 g/mol. The van der Waals surface area contributed by atoms with Gasteiger partial charge in [-0.3, -0.25) is 9.52 Å². The summed E-state index contributed by atoms with van der Waals surface area (Å²) in [6, 6.07) is 10.7. The maximum absolute atomic E-state index is 12.0. The monoisotopic (exact) mass is 411 g/mol. The van der Waals surface area contributed by atoms with Crippen molar-refractivity contribution in [3.63, 3.8) is 0 Å². The lowest BCUT2D eigenvalue weighted by Crippen LogP contribution is -2.19. The molecule has 9 heteroatoms. The van der Waals surface area contributed by atoms with Gasteiger partial charge in [0.1, 0.15) is 5.75 Å². The Morgan fingerprint density at radius 3 is 2.33 bits per heavy atom. The molecule has 0 aliphatic heterocycles. The van der Waals surface area contributed by atoms with E-state index in [0.29, 0.717) is 16.5 Å². The summed E-state index contributed by atoms with van der Waals surface area (Å²) >= 11 is 5.91. The van der Waals surface area contributed by atoms with Gasteiger partial charge in [0.15, 0.2) is 19.0 Å². The third-order valence-electron chi connectivity index (χ3n) is 3.36. The third-order valence-corrected chi connectivity index (χ3v) is 4.39. The van der Waals surface area contributed by atoms with Crippen molar-refractivity contribution in [3.05, 3.63) is 58.6 Å². The molecule has 2 aromatic rings. The number of benzene rings is 2. The van der Waals surface area contributed by atoms with Crippen LogP contribution in [0.15, 0.2) is 42.5 Å². The van der Waals surface area contributed by atoms with Gasteiger partial charge in [0.25, 0.3) is 0 Å². The molecule has 0 aliphatic carbocycles. The summed E-state index contributed by atoms with van der Waals surface area (Å²) in [5.41, 5.74) is 1.43. The Kier molecular flexibility index (Phi) is 6.81. The summed E-state index contributed by atoms with van der Waals surface area (Å²) < 4.78 is 34.8. The molecule has 0 spiro atoms. The molecule has 144 valence electrons. The van der Waals surface area contributed by atoms with E-state index in [4.69, 9.17) is 21.1 Å². The molecule has 0 saturated carbocycles. The second-order valence-corrected chi connectivity index (χ2v) is 7.89. The van der Waals surface area contributed by atoms with Crippen molar-refractivity contribution in [1.29, 1.82) is 0 Å². The van der Waals surface area contributed by atoms with E-state index >= 15 is 0 Å². The van der Waals surface area contributed by atoms with Gasteiger partial charge in [-0.15, -0.1) is 0 Å². The Morgan fingerprint density at radius 1 is 1.07 bits per heavy atom. The summed E-state index contributed by atoms with van der Waals surface area (Å²) in [5.74, 6) is -0.642. The summed E-state index contributed by atoms with van der Waals surface area (Å²) in [4.78, 5) is 23.7. The number of nitrogens with one attached hydrogen (secondary N) is 1. The number of ether oxygens (including phenoxy) is 2. The summed E-state index contributed by atoms with van der Waals surface area (Å²) in [6.45, 7) is 1.02. The fourth-order valence-electron chi connectivity index (χ4n) is 2.06. The van der Waals surface area contributed by atoms with Gasteiger partial charge in [-0.1, -0.05) is 11.6 Å². The molecule has 0 unspecified atom stereocenters. The quantitative estimate of drug-likeness (QED) is 0.529. The number of ketones is 1. The molecule has 2 rings (SSSR count). The lowest BCUT2D eigenvalue weighted by molar-refractivity contribution is -0.144. The first-order valence-electron chi connectivity index (χ1n) is 7.80. The highest BCUT2D eigenvalue weighted by molar-refractivity contribution is 7.92. The lowest BCUT2D eigenvalue weighted by atomic mass is 10.1. The molecule has 0 fully saturated rings. The molecule has 1 N–H and O–H groups in total. The normalized spacial score (nSPS) is 10.9. The topological polar surface area (TPSA) is 98.8 Å². The molecular formula is C18H18ClNO6S. The summed E-state index contributed by atoms with van der Waals surface area (Å²) in [5, 5.41) is 0.591. The van der Waals surface area contributed by atoms with Crippen molar-refractivity contribution in [2.75, 3.05) is 24.2 Å². The predicted octanol–water partition coefficient (Wildman–Crippen LogP) is 2.82. The van der Waals surface area contributed by atoms with Gasteiger partial charge in [0.2, 0.25) is 10.0 Å². The number of carbonyl (C=O) groups excluding carboxylic acids is 2. The number of hydrogen-bond acceptors (Lipinski definition) is 6. The van der Waals surface area contributed by atoms with Crippen LogP contribution in [0.1, 0.15) is 15.9 Å². The van der Waals surface area contributed by atoms with Crippen LogP contribution in [0, 0.1) is 6.92 Å². The molecule has 7 nitrogen and oxygen atoms in total. The molecular weight excluding hydrogens is 394 g/mol. The van der Waals surface area contributed by atoms with Gasteiger partial charge < -0.3 is 9.47 Å². The minimum absolute atomic E-state index is 0.288. The van der Waals surface area contributed by atoms with E-state index in [-0.39, 0.29) is 12.2 Å². The fourth-order valence-corrected chi connectivity index (χ4v) is 2.74. The maximum atomic E-state index is 12.0. The van der Waals surface area contributed by atoms with Gasteiger partial charge in [0.05, 0.1) is 6.26 Å². The van der Waals surface area contributed by atoms with Gasteiger partial charge in [-0.25, -0.2) is 13.2 Å². The van der Waals surface area contributed by atoms with Crippen molar-refractivity contribution in [2.45, 2.75) is 6.92 Å². The van der Waals surface area contributed by atoms with E-state index in [1.54, 1.807) is 18.2 Å². The minimum Gasteiger partial charge on any atom is -0.482 e. The zero-order chi connectivity index (χ0) is 20.0. The second-order valence-electron chi connectivity index (χ2n) is 5.74. The van der Waals surface area contributed by atoms with E-state index < -0.39 is 28.4 Å². The highest BCUT2D eigenvalue weighted by atomic mass is 35.5. The standard InChI is InChI=1S/C18H18ClNO6S/c1-12-9-15(7-8-16(12)19)25-11-18(22)26-10-17(21)13-3-5-14(6-4-13)20-27(2,23)24/h3-9,20H,10-11H2,1-2H3. The number of aryl methyl sites for hydroxylation is 1. The van der Waals surface area contributed by atoms with Crippen LogP contribution in [-0.2, 0) is 19.6 Å². The van der Waals surface area contributed by atoms with E-state index in [1.807, 2.05) is 6.92 Å². The largest absolute Gasteiger partial charge is 0.482 e. The van der Waals surface area contributed by atoms with Crippen molar-refractivity contribution < 1.29 is 27.5 Å². The van der Waals surface area contributed by atoms with Crippen LogP contribution in [0.3, 0.4) is 0 Å². The molecule has 0 radical (unpaired) electrons. The van der Waals surface area contributed by atoms with Gasteiger partial charge in [-0.2, -0.15) is 0 Å². The van der Waals surface area contributed by atoms with Crippen LogP contribution in [-0.4, -0.2) is 39.6 Å². The first-order chi connectivity index (χ1) is 12.6. The maximum Gasteiger partial charge on any atom is 0.344 e. The number of carbonyl (C=O) groups is 2. The Labute approximate surface area is 162 Å². The smallest absolute Gasteiger partial charge is 0.344 e. The molecule has 0 amide bonds. The van der Waals surface area contributed by atoms with Crippen LogP contribution in [0.25, 0.3) is 0 Å². The number of halogens is 1. The number of Topliss-reactive ketones (excluding diaryl/α,β-unsaturated/α-hetero) is 1. The van der Waals surface area contributed by atoms with Crippen molar-refractivity contribution in [2.24, 2.45) is 0 Å². The SMILES string of the molecule is Cc1cc(OCC(=O)OCC(=O)c2ccc(NS(C)(=O)=O)cc2)ccc1Cl. The van der Waals surface area contributed by atoms with E-state index in [2.05, 4.69) is 4.72 Å². The van der Waals surface area contributed by atoms with Crippen LogP contribution >= 0.6 is 11.6 Å².